The molecule has 0 saturated heterocycles. The first-order valence-corrected chi connectivity index (χ1v) is 6.55. The minimum Gasteiger partial charge on any atom is -0.328 e. The van der Waals surface area contributed by atoms with Crippen LogP contribution in [0.15, 0.2) is 29.2 Å². The molecule has 1 aliphatic carbocycles. The summed E-state index contributed by atoms with van der Waals surface area (Å²) in [6, 6.07) is 9.45. The molecule has 0 spiro atoms. The van der Waals surface area contributed by atoms with Crippen LogP contribution in [-0.4, -0.2) is 11.3 Å². The lowest BCUT2D eigenvalue weighted by Crippen LogP contribution is -2.34. The summed E-state index contributed by atoms with van der Waals surface area (Å²) in [6.45, 7) is 4.45. The quantitative estimate of drug-likeness (QED) is 0.792. The first-order valence-electron chi connectivity index (χ1n) is 5.67. The molecule has 1 aromatic rings. The smallest absolute Gasteiger partial charge is 0.00747 e. The third kappa shape index (κ3) is 2.76. The second-order valence-corrected chi connectivity index (χ2v) is 6.31. The van der Waals surface area contributed by atoms with Crippen molar-refractivity contribution in [1.82, 2.24) is 0 Å². The van der Waals surface area contributed by atoms with Gasteiger partial charge in [0, 0.05) is 16.2 Å². The number of benzene rings is 1. The Morgan fingerprint density at radius 2 is 1.80 bits per heavy atom. The van der Waals surface area contributed by atoms with Crippen molar-refractivity contribution in [2.45, 2.75) is 48.8 Å². The zero-order valence-corrected chi connectivity index (χ0v) is 10.3. The summed E-state index contributed by atoms with van der Waals surface area (Å²) >= 11 is 1.92. The Morgan fingerprint density at radius 3 is 2.27 bits per heavy atom. The van der Waals surface area contributed by atoms with Crippen LogP contribution in [-0.2, 0) is 0 Å². The van der Waals surface area contributed by atoms with E-state index in [4.69, 9.17) is 5.73 Å². The zero-order chi connectivity index (χ0) is 10.8. The fourth-order valence-corrected chi connectivity index (χ4v) is 2.86. The van der Waals surface area contributed by atoms with Crippen LogP contribution < -0.4 is 5.73 Å². The lowest BCUT2D eigenvalue weighted by atomic mass is 9.76. The normalized spacial score (nSPS) is 25.3. The Bertz CT molecular complexity index is 312. The molecule has 1 aliphatic rings. The molecule has 0 heterocycles. The summed E-state index contributed by atoms with van der Waals surface area (Å²) in [5.41, 5.74) is 7.26. The molecule has 0 aliphatic heterocycles. The van der Waals surface area contributed by atoms with Gasteiger partial charge in [-0.1, -0.05) is 26.0 Å². The molecule has 0 radical (unpaired) electrons. The molecule has 1 saturated carbocycles. The number of nitrogens with two attached hydrogens (primary N) is 1. The van der Waals surface area contributed by atoms with Crippen LogP contribution in [0.1, 0.15) is 38.2 Å². The van der Waals surface area contributed by atoms with Gasteiger partial charge >= 0.3 is 0 Å². The summed E-state index contributed by atoms with van der Waals surface area (Å²) < 4.78 is 0. The summed E-state index contributed by atoms with van der Waals surface area (Å²) in [5, 5.41) is 0.660. The van der Waals surface area contributed by atoms with Crippen molar-refractivity contribution >= 4 is 11.8 Å². The molecule has 1 nitrogen and oxygen atoms in total. The van der Waals surface area contributed by atoms with E-state index < -0.39 is 0 Å². The highest BCUT2D eigenvalue weighted by Gasteiger charge is 2.26. The summed E-state index contributed by atoms with van der Waals surface area (Å²) in [7, 11) is 0. The maximum Gasteiger partial charge on any atom is 0.00747 e. The van der Waals surface area contributed by atoms with Crippen LogP contribution in [0.5, 0.6) is 0 Å². The Morgan fingerprint density at radius 1 is 1.20 bits per heavy atom. The van der Waals surface area contributed by atoms with E-state index in [1.165, 1.54) is 10.5 Å². The highest BCUT2D eigenvalue weighted by atomic mass is 32.2. The molecule has 82 valence electrons. The fraction of sp³-hybridized carbons (Fsp3) is 0.538. The van der Waals surface area contributed by atoms with E-state index in [1.54, 1.807) is 0 Å². The number of hydrogen-bond acceptors (Lipinski definition) is 2. The number of thioether (sulfide) groups is 1. The predicted octanol–water partition coefficient (Wildman–Crippen LogP) is 3.39. The maximum absolute atomic E-state index is 5.80. The molecule has 2 heteroatoms. The lowest BCUT2D eigenvalue weighted by Gasteiger charge is -2.32. The van der Waals surface area contributed by atoms with E-state index in [9.17, 15) is 0 Å². The molecule has 2 rings (SSSR count). The molecular formula is C13H19NS. The van der Waals surface area contributed by atoms with Gasteiger partial charge in [-0.25, -0.2) is 0 Å². The minimum absolute atomic E-state index is 0.444. The van der Waals surface area contributed by atoms with Gasteiger partial charge in [0.2, 0.25) is 0 Å². The van der Waals surface area contributed by atoms with Crippen LogP contribution in [0.4, 0.5) is 0 Å². The Labute approximate surface area is 96.4 Å². The van der Waals surface area contributed by atoms with Gasteiger partial charge in [-0.05, 0) is 36.5 Å². The number of hydrogen-bond donors (Lipinski definition) is 1. The third-order valence-corrected chi connectivity index (χ3v) is 3.91. The van der Waals surface area contributed by atoms with Gasteiger partial charge in [-0.2, -0.15) is 0 Å². The van der Waals surface area contributed by atoms with Crippen molar-refractivity contribution in [3.05, 3.63) is 29.8 Å². The van der Waals surface area contributed by atoms with E-state index in [1.807, 2.05) is 11.8 Å². The maximum atomic E-state index is 5.80. The second-order valence-electron chi connectivity index (χ2n) is 4.66. The Hall–Kier alpha value is -0.470. The zero-order valence-electron chi connectivity index (χ0n) is 9.44. The van der Waals surface area contributed by atoms with Crippen molar-refractivity contribution in [3.63, 3.8) is 0 Å². The summed E-state index contributed by atoms with van der Waals surface area (Å²) in [4.78, 5) is 1.37. The first kappa shape index (κ1) is 11.0. The van der Waals surface area contributed by atoms with E-state index in [0.717, 1.165) is 18.8 Å². The average Bonchev–Trinajstić information content (AvgIpc) is 2.14. The van der Waals surface area contributed by atoms with Gasteiger partial charge in [0.25, 0.3) is 0 Å². The highest BCUT2D eigenvalue weighted by molar-refractivity contribution is 7.99. The molecule has 0 aromatic heterocycles. The molecule has 0 unspecified atom stereocenters. The number of rotatable bonds is 3. The standard InChI is InChI=1S/C13H19NS/c1-9(2)15-13-5-3-10(4-6-13)11-7-12(14)8-11/h3-6,9,11-12H,7-8,14H2,1-2H3. The summed E-state index contributed by atoms with van der Waals surface area (Å²) in [6.07, 6.45) is 2.33. The molecule has 1 aromatic carbocycles. The van der Waals surface area contributed by atoms with Crippen molar-refractivity contribution in [1.29, 1.82) is 0 Å². The third-order valence-electron chi connectivity index (χ3n) is 2.90. The van der Waals surface area contributed by atoms with Crippen LogP contribution in [0.2, 0.25) is 0 Å². The van der Waals surface area contributed by atoms with Gasteiger partial charge in [-0.15, -0.1) is 11.8 Å². The van der Waals surface area contributed by atoms with Crippen LogP contribution in [0, 0.1) is 0 Å². The molecule has 0 atom stereocenters. The lowest BCUT2D eigenvalue weighted by molar-refractivity contribution is 0.351. The van der Waals surface area contributed by atoms with Gasteiger partial charge in [0.05, 0.1) is 0 Å². The molecule has 1 fully saturated rings. The molecule has 15 heavy (non-hydrogen) atoms. The average molecular weight is 221 g/mol. The molecular weight excluding hydrogens is 202 g/mol. The van der Waals surface area contributed by atoms with E-state index in [2.05, 4.69) is 38.1 Å². The largest absolute Gasteiger partial charge is 0.328 e. The second kappa shape index (κ2) is 4.58. The van der Waals surface area contributed by atoms with Gasteiger partial charge in [-0.3, -0.25) is 0 Å². The molecule has 0 bridgehead atoms. The van der Waals surface area contributed by atoms with E-state index in [0.29, 0.717) is 11.3 Å². The predicted molar refractivity (Wildman–Crippen MR) is 67.4 cm³/mol. The van der Waals surface area contributed by atoms with Crippen molar-refractivity contribution in [2.24, 2.45) is 5.73 Å². The molecule has 0 amide bonds. The Kier molecular flexibility index (Phi) is 3.37. The highest BCUT2D eigenvalue weighted by Crippen LogP contribution is 2.36. The Balaban J connectivity index is 1.98. The minimum atomic E-state index is 0.444. The van der Waals surface area contributed by atoms with Crippen molar-refractivity contribution in [3.8, 4) is 0 Å². The molecule has 2 N–H and O–H groups in total. The van der Waals surface area contributed by atoms with Gasteiger partial charge < -0.3 is 5.73 Å². The summed E-state index contributed by atoms with van der Waals surface area (Å²) in [5.74, 6) is 0.720. The van der Waals surface area contributed by atoms with E-state index >= 15 is 0 Å². The van der Waals surface area contributed by atoms with Gasteiger partial charge in [0.15, 0.2) is 0 Å². The topological polar surface area (TPSA) is 26.0 Å². The van der Waals surface area contributed by atoms with Crippen molar-refractivity contribution in [2.75, 3.05) is 0 Å². The van der Waals surface area contributed by atoms with Crippen LogP contribution >= 0.6 is 11.8 Å². The fourth-order valence-electron chi connectivity index (χ4n) is 2.02. The van der Waals surface area contributed by atoms with Crippen molar-refractivity contribution < 1.29 is 0 Å². The first-order chi connectivity index (χ1) is 7.15. The van der Waals surface area contributed by atoms with Gasteiger partial charge in [0.1, 0.15) is 0 Å². The van der Waals surface area contributed by atoms with Crippen LogP contribution in [0.3, 0.4) is 0 Å². The van der Waals surface area contributed by atoms with Crippen LogP contribution in [0.25, 0.3) is 0 Å². The monoisotopic (exact) mass is 221 g/mol. The SMILES string of the molecule is CC(C)Sc1ccc(C2CC(N)C2)cc1. The van der Waals surface area contributed by atoms with E-state index in [-0.39, 0.29) is 0 Å².